The highest BCUT2D eigenvalue weighted by molar-refractivity contribution is 5.79. The van der Waals surface area contributed by atoms with E-state index in [9.17, 15) is 4.79 Å². The predicted molar refractivity (Wildman–Crippen MR) is 124 cm³/mol. The average Bonchev–Trinajstić information content (AvgIpc) is 2.64. The molecule has 0 spiro atoms. The number of nitrogens with zero attached hydrogens (tertiary/aromatic N) is 2. The van der Waals surface area contributed by atoms with Crippen molar-refractivity contribution in [2.75, 3.05) is 40.3 Å². The van der Waals surface area contributed by atoms with Gasteiger partial charge in [0.15, 0.2) is 0 Å². The minimum atomic E-state index is 0. The molecule has 2 aliphatic rings. The van der Waals surface area contributed by atoms with Gasteiger partial charge in [-0.3, -0.25) is 4.79 Å². The summed E-state index contributed by atoms with van der Waals surface area (Å²) in [6.07, 6.45) is 7.08. The lowest BCUT2D eigenvalue weighted by Crippen LogP contribution is -2.38. The minimum Gasteiger partial charge on any atom is -0.405 e. The van der Waals surface area contributed by atoms with Crippen molar-refractivity contribution in [3.8, 4) is 0 Å². The number of hydrogen-bond acceptors (Lipinski definition) is 5. The van der Waals surface area contributed by atoms with Gasteiger partial charge in [-0.05, 0) is 52.4 Å². The maximum absolute atomic E-state index is 10.6. The molecule has 5 nitrogen and oxygen atoms in total. The van der Waals surface area contributed by atoms with Gasteiger partial charge in [-0.15, -0.1) is 0 Å². The Balaban J connectivity index is -0.0000000860. The first-order valence-electron chi connectivity index (χ1n) is 9.61. The van der Waals surface area contributed by atoms with Gasteiger partial charge >= 0.3 is 0 Å². The molecule has 0 atom stereocenters. The predicted octanol–water partition coefficient (Wildman–Crippen LogP) is 2.47. The normalized spacial score (nSPS) is 16.3. The highest BCUT2D eigenvalue weighted by Gasteiger charge is 2.14. The smallest absolute Gasteiger partial charge is 0.135 e. The SMILES string of the molecule is C=CN.C=CNC1CCN(C)CC1.CC.CC.CN1CCC(=O)CC1.[B].[B]. The van der Waals surface area contributed by atoms with E-state index < -0.39 is 0 Å². The zero-order valence-corrected chi connectivity index (χ0v) is 18.8. The molecule has 0 unspecified atom stereocenters. The fourth-order valence-corrected chi connectivity index (χ4v) is 2.21. The second-order valence-electron chi connectivity index (χ2n) is 5.53. The van der Waals surface area contributed by atoms with Crippen LogP contribution in [-0.4, -0.2) is 78.7 Å². The van der Waals surface area contributed by atoms with Crippen LogP contribution in [0, 0.1) is 0 Å². The Morgan fingerprint density at radius 3 is 1.56 bits per heavy atom. The zero-order chi connectivity index (χ0) is 20.1. The largest absolute Gasteiger partial charge is 0.405 e. The number of likely N-dealkylation sites (tertiary alicyclic amines) is 2. The van der Waals surface area contributed by atoms with E-state index in [2.05, 4.69) is 41.1 Å². The lowest BCUT2D eigenvalue weighted by Gasteiger charge is -2.28. The van der Waals surface area contributed by atoms with E-state index in [0.717, 1.165) is 25.9 Å². The molecule has 0 aliphatic carbocycles. The molecule has 2 saturated heterocycles. The highest BCUT2D eigenvalue weighted by atomic mass is 16.1. The van der Waals surface area contributed by atoms with Crippen LogP contribution in [0.15, 0.2) is 25.6 Å². The fourth-order valence-electron chi connectivity index (χ4n) is 2.21. The highest BCUT2D eigenvalue weighted by Crippen LogP contribution is 2.07. The van der Waals surface area contributed by atoms with Gasteiger partial charge in [0.05, 0.1) is 0 Å². The van der Waals surface area contributed by atoms with Crippen LogP contribution in [0.4, 0.5) is 0 Å². The minimum absolute atomic E-state index is 0. The summed E-state index contributed by atoms with van der Waals surface area (Å²) < 4.78 is 0. The summed E-state index contributed by atoms with van der Waals surface area (Å²) in [6, 6.07) is 0.675. The quantitative estimate of drug-likeness (QED) is 0.723. The van der Waals surface area contributed by atoms with Crippen LogP contribution < -0.4 is 11.1 Å². The Morgan fingerprint density at radius 2 is 1.26 bits per heavy atom. The first-order valence-corrected chi connectivity index (χ1v) is 9.61. The van der Waals surface area contributed by atoms with Crippen molar-refractivity contribution in [2.45, 2.75) is 59.4 Å². The van der Waals surface area contributed by atoms with E-state index in [-0.39, 0.29) is 16.8 Å². The lowest BCUT2D eigenvalue weighted by atomic mass is 10.1. The number of carbonyl (C=O) groups excluding carboxylic acids is 1. The van der Waals surface area contributed by atoms with Crippen LogP contribution in [0.1, 0.15) is 53.4 Å². The molecule has 2 rings (SSSR count). The molecule has 3 N–H and O–H groups in total. The summed E-state index contributed by atoms with van der Waals surface area (Å²) in [5.41, 5.74) is 4.61. The number of Topliss-reactive ketones (excluding diaryl/α,β-unsaturated/α-hetero) is 1. The van der Waals surface area contributed by atoms with Crippen molar-refractivity contribution < 1.29 is 4.79 Å². The molecule has 0 aromatic rings. The molecular weight excluding hydrogens is 334 g/mol. The van der Waals surface area contributed by atoms with Gasteiger partial charge in [0.25, 0.3) is 0 Å². The number of nitrogens with one attached hydrogen (secondary N) is 1. The average molecular weight is 378 g/mol. The molecule has 156 valence electrons. The maximum atomic E-state index is 10.6. The molecule has 2 heterocycles. The Labute approximate surface area is 174 Å². The van der Waals surface area contributed by atoms with Gasteiger partial charge in [-0.2, -0.15) is 0 Å². The Hall–Kier alpha value is -1.20. The summed E-state index contributed by atoms with van der Waals surface area (Å²) in [5.74, 6) is 0.420. The fraction of sp³-hybridized carbons (Fsp3) is 0.750. The monoisotopic (exact) mass is 378 g/mol. The lowest BCUT2D eigenvalue weighted by molar-refractivity contribution is -0.121. The number of rotatable bonds is 2. The van der Waals surface area contributed by atoms with Crippen molar-refractivity contribution in [3.05, 3.63) is 25.6 Å². The molecular formula is C20H44B2N4O. The van der Waals surface area contributed by atoms with Gasteiger partial charge in [0.1, 0.15) is 5.78 Å². The first kappa shape index (κ1) is 36.7. The van der Waals surface area contributed by atoms with Crippen molar-refractivity contribution in [2.24, 2.45) is 5.73 Å². The summed E-state index contributed by atoms with van der Waals surface area (Å²) in [6.45, 7) is 19.1. The van der Waals surface area contributed by atoms with Gasteiger partial charge in [-0.1, -0.05) is 40.9 Å². The second kappa shape index (κ2) is 29.6. The van der Waals surface area contributed by atoms with Gasteiger partial charge in [0.2, 0.25) is 0 Å². The molecule has 6 radical (unpaired) electrons. The topological polar surface area (TPSA) is 61.6 Å². The third-order valence-corrected chi connectivity index (χ3v) is 3.62. The molecule has 27 heavy (non-hydrogen) atoms. The molecule has 0 aromatic carbocycles. The molecule has 0 aromatic heterocycles. The second-order valence-corrected chi connectivity index (χ2v) is 5.53. The van der Waals surface area contributed by atoms with E-state index >= 15 is 0 Å². The Kier molecular flexibility index (Phi) is 40.2. The zero-order valence-electron chi connectivity index (χ0n) is 18.8. The van der Waals surface area contributed by atoms with E-state index in [1.807, 2.05) is 34.7 Å². The van der Waals surface area contributed by atoms with E-state index in [1.165, 1.54) is 32.1 Å². The Bertz CT molecular complexity index is 300. The van der Waals surface area contributed by atoms with Crippen molar-refractivity contribution in [1.82, 2.24) is 15.1 Å². The third kappa shape index (κ3) is 27.1. The maximum Gasteiger partial charge on any atom is 0.135 e. The van der Waals surface area contributed by atoms with Crippen LogP contribution in [0.5, 0.6) is 0 Å². The molecule has 0 saturated carbocycles. The van der Waals surface area contributed by atoms with Gasteiger partial charge in [-0.25, -0.2) is 0 Å². The van der Waals surface area contributed by atoms with Crippen molar-refractivity contribution >= 4 is 22.6 Å². The van der Waals surface area contributed by atoms with E-state index in [0.29, 0.717) is 11.8 Å². The van der Waals surface area contributed by atoms with Crippen LogP contribution >= 0.6 is 0 Å². The number of ketones is 1. The summed E-state index contributed by atoms with van der Waals surface area (Å²) >= 11 is 0. The van der Waals surface area contributed by atoms with Gasteiger partial charge < -0.3 is 20.9 Å². The number of carbonyl (C=O) groups is 1. The molecule has 2 aliphatic heterocycles. The summed E-state index contributed by atoms with van der Waals surface area (Å²) in [4.78, 5) is 15.1. The summed E-state index contributed by atoms with van der Waals surface area (Å²) in [7, 11) is 4.22. The van der Waals surface area contributed by atoms with Crippen LogP contribution in [0.3, 0.4) is 0 Å². The molecule has 0 amide bonds. The standard InChI is InChI=1S/C8H16N2.C6H11NO.C2H5N.2C2H6.2B/c1-3-9-8-4-6-10(2)7-5-8;1-7-4-2-6(8)3-5-7;1-2-3;2*1-2;;/h3,8-9H,1,4-7H2,2H3;2-5H2,1H3;2H,1,3H2;2*1-2H3;;. The number of nitrogens with two attached hydrogens (primary N) is 1. The van der Waals surface area contributed by atoms with Crippen LogP contribution in [-0.2, 0) is 4.79 Å². The first-order chi connectivity index (χ1) is 12.0. The van der Waals surface area contributed by atoms with E-state index in [4.69, 9.17) is 0 Å². The van der Waals surface area contributed by atoms with Crippen LogP contribution in [0.2, 0.25) is 0 Å². The number of piperidine rings is 2. The number of hydrogen-bond donors (Lipinski definition) is 2. The van der Waals surface area contributed by atoms with E-state index in [1.54, 1.807) is 6.20 Å². The molecule has 7 heteroatoms. The third-order valence-electron chi connectivity index (χ3n) is 3.62. The van der Waals surface area contributed by atoms with Crippen molar-refractivity contribution in [1.29, 1.82) is 0 Å². The van der Waals surface area contributed by atoms with Crippen molar-refractivity contribution in [3.63, 3.8) is 0 Å². The van der Waals surface area contributed by atoms with Gasteiger partial charge in [0, 0.05) is 48.8 Å². The Morgan fingerprint density at radius 1 is 0.926 bits per heavy atom. The summed E-state index contributed by atoms with van der Waals surface area (Å²) in [5, 5.41) is 3.24. The molecule has 0 bridgehead atoms. The van der Waals surface area contributed by atoms with Crippen LogP contribution in [0.25, 0.3) is 0 Å². The molecule has 2 fully saturated rings.